The van der Waals surface area contributed by atoms with Gasteiger partial charge in [0.2, 0.25) is 11.8 Å². The van der Waals surface area contributed by atoms with E-state index in [-0.39, 0.29) is 18.2 Å². The van der Waals surface area contributed by atoms with Crippen molar-refractivity contribution in [2.75, 3.05) is 5.32 Å². The van der Waals surface area contributed by atoms with Crippen LogP contribution in [-0.2, 0) is 20.7 Å². The van der Waals surface area contributed by atoms with Crippen molar-refractivity contribution in [3.05, 3.63) is 29.8 Å². The Kier molecular flexibility index (Phi) is 6.68. The first-order valence-corrected chi connectivity index (χ1v) is 10.9. The second-order valence-electron chi connectivity index (χ2n) is 9.45. The molecule has 1 aliphatic carbocycles. The molecule has 164 valence electrons. The number of para-hydroxylation sites is 1. The third-order valence-corrected chi connectivity index (χ3v) is 5.71. The minimum Gasteiger partial charge on any atom is -0.444 e. The first-order valence-electron chi connectivity index (χ1n) is 10.9. The van der Waals surface area contributed by atoms with Gasteiger partial charge in [-0.05, 0) is 58.1 Å². The summed E-state index contributed by atoms with van der Waals surface area (Å²) >= 11 is 0. The van der Waals surface area contributed by atoms with E-state index in [4.69, 9.17) is 4.74 Å². The van der Waals surface area contributed by atoms with Crippen LogP contribution in [0.3, 0.4) is 0 Å². The summed E-state index contributed by atoms with van der Waals surface area (Å²) in [6.45, 7) is 5.44. The van der Waals surface area contributed by atoms with Gasteiger partial charge in [0, 0.05) is 12.1 Å². The number of hydrogen-bond acceptors (Lipinski definition) is 4. The third kappa shape index (κ3) is 5.97. The Morgan fingerprint density at radius 1 is 1.17 bits per heavy atom. The average Bonchev–Trinajstić information content (AvgIpc) is 2.79. The van der Waals surface area contributed by atoms with Gasteiger partial charge in [-0.2, -0.15) is 0 Å². The molecule has 1 aromatic carbocycles. The van der Waals surface area contributed by atoms with Crippen LogP contribution in [0.2, 0.25) is 0 Å². The highest BCUT2D eigenvalue weighted by Crippen LogP contribution is 2.32. The molecule has 1 unspecified atom stereocenters. The molecule has 1 saturated carbocycles. The molecule has 1 atom stereocenters. The number of nitrogens with one attached hydrogen (secondary N) is 3. The highest BCUT2D eigenvalue weighted by Gasteiger charge is 2.38. The van der Waals surface area contributed by atoms with E-state index in [0.717, 1.165) is 43.4 Å². The first kappa shape index (κ1) is 22.1. The molecule has 0 spiro atoms. The summed E-state index contributed by atoms with van der Waals surface area (Å²) in [5.41, 5.74) is 0.636. The molecule has 1 heterocycles. The van der Waals surface area contributed by atoms with Gasteiger partial charge in [-0.3, -0.25) is 9.59 Å². The molecule has 0 saturated heterocycles. The number of ether oxygens (including phenoxy) is 1. The van der Waals surface area contributed by atoms with Crippen molar-refractivity contribution in [2.24, 2.45) is 0 Å². The lowest BCUT2D eigenvalue weighted by molar-refractivity contribution is -0.127. The topological polar surface area (TPSA) is 96.5 Å². The van der Waals surface area contributed by atoms with Crippen LogP contribution in [0.4, 0.5) is 10.5 Å². The molecule has 7 nitrogen and oxygen atoms in total. The molecule has 7 heteroatoms. The normalized spacial score (nSPS) is 20.9. The van der Waals surface area contributed by atoms with Gasteiger partial charge < -0.3 is 20.7 Å². The maximum atomic E-state index is 12.9. The summed E-state index contributed by atoms with van der Waals surface area (Å²) in [6, 6.07) is 7.10. The lowest BCUT2D eigenvalue weighted by Gasteiger charge is -2.38. The Balaban J connectivity index is 1.63. The summed E-state index contributed by atoms with van der Waals surface area (Å²) < 4.78 is 5.42. The predicted molar refractivity (Wildman–Crippen MR) is 115 cm³/mol. The first-order chi connectivity index (χ1) is 14.2. The number of carbonyl (C=O) groups is 3. The molecule has 2 aliphatic rings. The molecule has 0 bridgehead atoms. The maximum Gasteiger partial charge on any atom is 0.408 e. The van der Waals surface area contributed by atoms with Gasteiger partial charge in [-0.25, -0.2) is 4.79 Å². The Bertz CT molecular complexity index is 794. The third-order valence-electron chi connectivity index (χ3n) is 5.71. The maximum absolute atomic E-state index is 12.9. The molecular weight excluding hydrogens is 382 g/mol. The van der Waals surface area contributed by atoms with Crippen LogP contribution < -0.4 is 16.0 Å². The highest BCUT2D eigenvalue weighted by molar-refractivity contribution is 5.98. The van der Waals surface area contributed by atoms with E-state index >= 15 is 0 Å². The molecule has 3 rings (SSSR count). The fourth-order valence-corrected chi connectivity index (χ4v) is 4.30. The SMILES string of the molecule is CC(C)(C)OC(=O)NC1(CC(=O)NC2CCc3ccccc3NC2=O)CCCCC1. The second kappa shape index (κ2) is 9.06. The summed E-state index contributed by atoms with van der Waals surface area (Å²) in [5.74, 6) is -0.426. The Morgan fingerprint density at radius 3 is 2.57 bits per heavy atom. The molecule has 1 fully saturated rings. The van der Waals surface area contributed by atoms with Gasteiger partial charge in [0.1, 0.15) is 11.6 Å². The zero-order valence-electron chi connectivity index (χ0n) is 18.2. The number of anilines is 1. The molecular formula is C23H33N3O4. The van der Waals surface area contributed by atoms with Crippen LogP contribution in [-0.4, -0.2) is 35.1 Å². The monoisotopic (exact) mass is 415 g/mol. The molecule has 30 heavy (non-hydrogen) atoms. The lowest BCUT2D eigenvalue weighted by atomic mass is 9.79. The van der Waals surface area contributed by atoms with Gasteiger partial charge >= 0.3 is 6.09 Å². The van der Waals surface area contributed by atoms with E-state index < -0.39 is 23.3 Å². The fraction of sp³-hybridized carbons (Fsp3) is 0.609. The van der Waals surface area contributed by atoms with Crippen molar-refractivity contribution in [3.63, 3.8) is 0 Å². The van der Waals surface area contributed by atoms with Crippen molar-refractivity contribution in [2.45, 2.75) is 89.3 Å². The van der Waals surface area contributed by atoms with Crippen molar-refractivity contribution in [3.8, 4) is 0 Å². The molecule has 3 amide bonds. The Morgan fingerprint density at radius 2 is 1.87 bits per heavy atom. The zero-order valence-corrected chi connectivity index (χ0v) is 18.2. The van der Waals surface area contributed by atoms with E-state index in [2.05, 4.69) is 16.0 Å². The van der Waals surface area contributed by atoms with Crippen molar-refractivity contribution < 1.29 is 19.1 Å². The van der Waals surface area contributed by atoms with Crippen LogP contribution >= 0.6 is 0 Å². The van der Waals surface area contributed by atoms with E-state index in [1.165, 1.54) is 0 Å². The minimum atomic E-state index is -0.630. The molecule has 0 radical (unpaired) electrons. The number of alkyl carbamates (subject to hydrolysis) is 1. The molecule has 0 aromatic heterocycles. The van der Waals surface area contributed by atoms with Crippen LogP contribution in [0.5, 0.6) is 0 Å². The standard InChI is InChI=1S/C23H33N3O4/c1-22(2,3)30-21(29)26-23(13-7-4-8-14-23)15-19(27)24-18-12-11-16-9-5-6-10-17(16)25-20(18)28/h5-6,9-10,18H,4,7-8,11-15H2,1-3H3,(H,24,27)(H,25,28)(H,26,29). The molecule has 1 aromatic rings. The quantitative estimate of drug-likeness (QED) is 0.699. The minimum absolute atomic E-state index is 0.142. The molecule has 1 aliphatic heterocycles. The second-order valence-corrected chi connectivity index (χ2v) is 9.45. The van der Waals surface area contributed by atoms with Crippen LogP contribution in [0.25, 0.3) is 0 Å². The van der Waals surface area contributed by atoms with Crippen molar-refractivity contribution in [1.82, 2.24) is 10.6 Å². The van der Waals surface area contributed by atoms with Gasteiger partial charge in [-0.1, -0.05) is 37.5 Å². The highest BCUT2D eigenvalue weighted by atomic mass is 16.6. The summed E-state index contributed by atoms with van der Waals surface area (Å²) in [5, 5.41) is 8.77. The summed E-state index contributed by atoms with van der Waals surface area (Å²) in [4.78, 5) is 37.9. The van der Waals surface area contributed by atoms with Gasteiger partial charge in [0.05, 0.1) is 5.54 Å². The van der Waals surface area contributed by atoms with E-state index in [0.29, 0.717) is 12.8 Å². The van der Waals surface area contributed by atoms with E-state index in [1.54, 1.807) is 0 Å². The van der Waals surface area contributed by atoms with Gasteiger partial charge in [0.15, 0.2) is 0 Å². The molecule has 3 N–H and O–H groups in total. The van der Waals surface area contributed by atoms with Crippen molar-refractivity contribution >= 4 is 23.6 Å². The van der Waals surface area contributed by atoms with E-state index in [9.17, 15) is 14.4 Å². The summed E-state index contributed by atoms with van der Waals surface area (Å²) in [7, 11) is 0. The largest absolute Gasteiger partial charge is 0.444 e. The van der Waals surface area contributed by atoms with Gasteiger partial charge in [0.25, 0.3) is 0 Å². The van der Waals surface area contributed by atoms with Crippen molar-refractivity contribution in [1.29, 1.82) is 0 Å². The smallest absolute Gasteiger partial charge is 0.408 e. The number of carbonyl (C=O) groups excluding carboxylic acids is 3. The number of fused-ring (bicyclic) bond motifs is 1. The number of amides is 3. The number of rotatable bonds is 4. The Labute approximate surface area is 178 Å². The Hall–Kier alpha value is -2.57. The fourth-order valence-electron chi connectivity index (χ4n) is 4.30. The number of benzene rings is 1. The predicted octanol–water partition coefficient (Wildman–Crippen LogP) is 3.67. The number of hydrogen-bond donors (Lipinski definition) is 3. The van der Waals surface area contributed by atoms with Crippen LogP contribution in [0.1, 0.15) is 71.3 Å². The van der Waals surface area contributed by atoms with Crippen LogP contribution in [0.15, 0.2) is 24.3 Å². The average molecular weight is 416 g/mol. The lowest BCUT2D eigenvalue weighted by Crippen LogP contribution is -2.54. The zero-order chi connectivity index (χ0) is 21.8. The number of aryl methyl sites for hydroxylation is 1. The van der Waals surface area contributed by atoms with Crippen LogP contribution in [0, 0.1) is 0 Å². The summed E-state index contributed by atoms with van der Waals surface area (Å²) in [6.07, 6.45) is 5.32. The van der Waals surface area contributed by atoms with Gasteiger partial charge in [-0.15, -0.1) is 0 Å². The van der Waals surface area contributed by atoms with E-state index in [1.807, 2.05) is 45.0 Å².